The van der Waals surface area contributed by atoms with Gasteiger partial charge in [-0.1, -0.05) is 32.4 Å². The van der Waals surface area contributed by atoms with Gasteiger partial charge < -0.3 is 9.64 Å². The molecular formula is C15H20F3NO2. The smallest absolute Gasteiger partial charge is 0.419 e. The third-order valence-corrected chi connectivity index (χ3v) is 3.25. The van der Waals surface area contributed by atoms with Gasteiger partial charge in [0.15, 0.2) is 6.61 Å². The van der Waals surface area contributed by atoms with Crippen LogP contribution < -0.4 is 4.74 Å². The molecule has 21 heavy (non-hydrogen) atoms. The largest absolute Gasteiger partial charge is 0.483 e. The summed E-state index contributed by atoms with van der Waals surface area (Å²) in [6.07, 6.45) is -3.57. The molecule has 0 aliphatic rings. The van der Waals surface area contributed by atoms with Crippen LogP contribution in [-0.4, -0.2) is 31.0 Å². The Morgan fingerprint density at radius 3 is 2.52 bits per heavy atom. The number of carbonyl (C=O) groups is 1. The van der Waals surface area contributed by atoms with Gasteiger partial charge in [-0.15, -0.1) is 0 Å². The van der Waals surface area contributed by atoms with E-state index < -0.39 is 18.3 Å². The Morgan fingerprint density at radius 1 is 1.33 bits per heavy atom. The molecule has 0 aliphatic heterocycles. The van der Waals surface area contributed by atoms with Gasteiger partial charge in [0, 0.05) is 13.6 Å². The van der Waals surface area contributed by atoms with Crippen molar-refractivity contribution in [3.8, 4) is 5.75 Å². The number of likely N-dealkylation sites (N-methyl/N-ethyl adjacent to an activating group) is 1. The van der Waals surface area contributed by atoms with Crippen LogP contribution in [0.4, 0.5) is 13.2 Å². The van der Waals surface area contributed by atoms with Crippen molar-refractivity contribution in [3.05, 3.63) is 29.8 Å². The quantitative estimate of drug-likeness (QED) is 0.804. The molecule has 1 amide bonds. The van der Waals surface area contributed by atoms with Crippen molar-refractivity contribution in [1.29, 1.82) is 0 Å². The molecule has 0 saturated heterocycles. The van der Waals surface area contributed by atoms with Crippen molar-refractivity contribution in [2.24, 2.45) is 5.92 Å². The molecule has 0 heterocycles. The zero-order valence-electron chi connectivity index (χ0n) is 12.4. The molecule has 3 nitrogen and oxygen atoms in total. The minimum absolute atomic E-state index is 0.324. The predicted octanol–water partition coefficient (Wildman–Crippen LogP) is 3.59. The summed E-state index contributed by atoms with van der Waals surface area (Å²) in [5, 5.41) is 0. The van der Waals surface area contributed by atoms with Crippen molar-refractivity contribution in [1.82, 2.24) is 4.90 Å². The van der Waals surface area contributed by atoms with Crippen LogP contribution in [0.5, 0.6) is 5.75 Å². The third-order valence-electron chi connectivity index (χ3n) is 3.25. The maximum absolute atomic E-state index is 12.8. The molecular weight excluding hydrogens is 283 g/mol. The summed E-state index contributed by atoms with van der Waals surface area (Å²) in [6, 6.07) is 4.87. The summed E-state index contributed by atoms with van der Waals surface area (Å²) in [6.45, 7) is 4.17. The molecule has 0 saturated carbocycles. The Labute approximate surface area is 122 Å². The molecule has 0 aliphatic carbocycles. The first-order valence-corrected chi connectivity index (χ1v) is 6.78. The molecule has 0 bridgehead atoms. The first-order chi connectivity index (χ1) is 9.75. The lowest BCUT2D eigenvalue weighted by Crippen LogP contribution is -2.34. The molecule has 1 aromatic carbocycles. The normalized spacial score (nSPS) is 12.9. The van der Waals surface area contributed by atoms with E-state index in [0.29, 0.717) is 12.5 Å². The van der Waals surface area contributed by atoms with Crippen LogP contribution in [0.3, 0.4) is 0 Å². The topological polar surface area (TPSA) is 29.5 Å². The van der Waals surface area contributed by atoms with Gasteiger partial charge in [-0.3, -0.25) is 4.79 Å². The molecule has 1 aromatic rings. The van der Waals surface area contributed by atoms with Crippen molar-refractivity contribution < 1.29 is 22.7 Å². The number of hydrogen-bond donors (Lipinski definition) is 0. The summed E-state index contributed by atoms with van der Waals surface area (Å²) in [5.74, 6) is -0.330. The Kier molecular flexibility index (Phi) is 6.05. The summed E-state index contributed by atoms with van der Waals surface area (Å²) in [7, 11) is 1.62. The Bertz CT molecular complexity index is 474. The van der Waals surface area contributed by atoms with Gasteiger partial charge in [-0.25, -0.2) is 0 Å². The lowest BCUT2D eigenvalue weighted by atomic mass is 10.1. The summed E-state index contributed by atoms with van der Waals surface area (Å²) in [5.41, 5.74) is -0.873. The lowest BCUT2D eigenvalue weighted by molar-refractivity contribution is -0.140. The number of nitrogens with zero attached hydrogens (tertiary/aromatic N) is 1. The fourth-order valence-electron chi connectivity index (χ4n) is 1.77. The third kappa shape index (κ3) is 5.28. The molecule has 0 aromatic heterocycles. The van der Waals surface area contributed by atoms with Gasteiger partial charge in [0.25, 0.3) is 5.91 Å². The number of halogens is 3. The second kappa shape index (κ2) is 7.33. The van der Waals surface area contributed by atoms with Gasteiger partial charge in [0.2, 0.25) is 0 Å². The first-order valence-electron chi connectivity index (χ1n) is 6.78. The van der Waals surface area contributed by atoms with E-state index in [-0.39, 0.29) is 11.7 Å². The highest BCUT2D eigenvalue weighted by molar-refractivity contribution is 5.77. The summed E-state index contributed by atoms with van der Waals surface area (Å²) in [4.78, 5) is 13.3. The number of carbonyl (C=O) groups excluding carboxylic acids is 1. The van der Waals surface area contributed by atoms with E-state index in [1.165, 1.54) is 23.1 Å². The molecule has 0 radical (unpaired) electrons. The number of hydrogen-bond acceptors (Lipinski definition) is 2. The highest BCUT2D eigenvalue weighted by Crippen LogP contribution is 2.35. The van der Waals surface area contributed by atoms with Gasteiger partial charge in [-0.05, 0) is 18.1 Å². The van der Waals surface area contributed by atoms with Crippen molar-refractivity contribution in [2.75, 3.05) is 20.2 Å². The molecule has 0 N–H and O–H groups in total. The fraction of sp³-hybridized carbons (Fsp3) is 0.533. The van der Waals surface area contributed by atoms with Gasteiger partial charge >= 0.3 is 6.18 Å². The fourth-order valence-corrected chi connectivity index (χ4v) is 1.77. The van der Waals surface area contributed by atoms with E-state index in [2.05, 4.69) is 0 Å². The van der Waals surface area contributed by atoms with Gasteiger partial charge in [0.05, 0.1) is 5.56 Å². The first kappa shape index (κ1) is 17.3. The predicted molar refractivity (Wildman–Crippen MR) is 74.0 cm³/mol. The molecule has 1 atom stereocenters. The SMILES string of the molecule is CCC(C)CN(C)C(=O)COc1ccccc1C(F)(F)F. The number of ether oxygens (including phenoxy) is 1. The van der Waals surface area contributed by atoms with Crippen LogP contribution in [0.25, 0.3) is 0 Å². The maximum atomic E-state index is 12.8. The van der Waals surface area contributed by atoms with Gasteiger partial charge in [-0.2, -0.15) is 13.2 Å². The maximum Gasteiger partial charge on any atom is 0.419 e. The van der Waals surface area contributed by atoms with E-state index in [0.717, 1.165) is 12.5 Å². The van der Waals surface area contributed by atoms with Crippen molar-refractivity contribution in [2.45, 2.75) is 26.4 Å². The van der Waals surface area contributed by atoms with E-state index in [1.54, 1.807) is 7.05 Å². The number of alkyl halides is 3. The molecule has 6 heteroatoms. The molecule has 1 unspecified atom stereocenters. The minimum Gasteiger partial charge on any atom is -0.483 e. The number of para-hydroxylation sites is 1. The number of amides is 1. The lowest BCUT2D eigenvalue weighted by Gasteiger charge is -2.21. The molecule has 118 valence electrons. The highest BCUT2D eigenvalue weighted by Gasteiger charge is 2.34. The van der Waals surface area contributed by atoms with Crippen LogP contribution >= 0.6 is 0 Å². The van der Waals surface area contributed by atoms with Crippen molar-refractivity contribution in [3.63, 3.8) is 0 Å². The molecule has 0 fully saturated rings. The Balaban J connectivity index is 2.66. The van der Waals surface area contributed by atoms with Crippen LogP contribution in [0.1, 0.15) is 25.8 Å². The molecule has 1 rings (SSSR count). The number of benzene rings is 1. The minimum atomic E-state index is -4.50. The van der Waals surface area contributed by atoms with E-state index in [1.807, 2.05) is 13.8 Å². The van der Waals surface area contributed by atoms with Crippen molar-refractivity contribution >= 4 is 5.91 Å². The second-order valence-electron chi connectivity index (χ2n) is 5.07. The van der Waals surface area contributed by atoms with Crippen LogP contribution in [0, 0.1) is 5.92 Å². The monoisotopic (exact) mass is 303 g/mol. The summed E-state index contributed by atoms with van der Waals surface area (Å²) >= 11 is 0. The van der Waals surface area contributed by atoms with Gasteiger partial charge in [0.1, 0.15) is 5.75 Å². The zero-order chi connectivity index (χ0) is 16.0. The average Bonchev–Trinajstić information content (AvgIpc) is 2.43. The second-order valence-corrected chi connectivity index (χ2v) is 5.07. The van der Waals surface area contributed by atoms with E-state index >= 15 is 0 Å². The Hall–Kier alpha value is -1.72. The summed E-state index contributed by atoms with van der Waals surface area (Å²) < 4.78 is 43.4. The van der Waals surface area contributed by atoms with Crippen LogP contribution in [0.15, 0.2) is 24.3 Å². The van der Waals surface area contributed by atoms with Crippen LogP contribution in [0.2, 0.25) is 0 Å². The number of rotatable bonds is 6. The standard InChI is InChI=1S/C15H20F3NO2/c1-4-11(2)9-19(3)14(20)10-21-13-8-6-5-7-12(13)15(16,17)18/h5-8,11H,4,9-10H2,1-3H3. The van der Waals surface area contributed by atoms with Crippen LogP contribution in [-0.2, 0) is 11.0 Å². The van der Waals surface area contributed by atoms with E-state index in [4.69, 9.17) is 4.74 Å². The zero-order valence-corrected chi connectivity index (χ0v) is 12.4. The van der Waals surface area contributed by atoms with E-state index in [9.17, 15) is 18.0 Å². The molecule has 0 spiro atoms. The Morgan fingerprint density at radius 2 is 1.95 bits per heavy atom. The average molecular weight is 303 g/mol. The highest BCUT2D eigenvalue weighted by atomic mass is 19.4.